The van der Waals surface area contributed by atoms with E-state index in [4.69, 9.17) is 16.7 Å². The van der Waals surface area contributed by atoms with Crippen molar-refractivity contribution in [3.63, 3.8) is 0 Å². The number of alkyl halides is 3. The molecule has 4 N–H and O–H groups in total. The van der Waals surface area contributed by atoms with E-state index in [1.807, 2.05) is 0 Å². The van der Waals surface area contributed by atoms with E-state index < -0.39 is 38.7 Å². The normalized spacial score (nSPS) is 13.9. The second-order valence-electron chi connectivity index (χ2n) is 6.15. The van der Waals surface area contributed by atoms with Gasteiger partial charge in [-0.25, -0.2) is 13.2 Å². The maximum atomic E-state index is 12.7. The minimum atomic E-state index is -5.24. The lowest BCUT2D eigenvalue weighted by atomic mass is 10.1. The van der Waals surface area contributed by atoms with E-state index >= 15 is 0 Å². The zero-order chi connectivity index (χ0) is 22.9. The van der Waals surface area contributed by atoms with E-state index in [9.17, 15) is 36.3 Å². The number of benzene rings is 2. The van der Waals surface area contributed by atoms with Crippen LogP contribution in [0.25, 0.3) is 0 Å². The molecule has 0 saturated carbocycles. The second kappa shape index (κ2) is 8.13. The van der Waals surface area contributed by atoms with Crippen molar-refractivity contribution in [3.8, 4) is 0 Å². The number of hydrogen-bond acceptors (Lipinski definition) is 5. The van der Waals surface area contributed by atoms with Gasteiger partial charge in [-0.15, -0.1) is 0 Å². The van der Waals surface area contributed by atoms with Crippen LogP contribution in [0.3, 0.4) is 0 Å². The number of carboxylic acids is 1. The molecular formula is C17H14ClF3N2O6S. The number of halogens is 4. The summed E-state index contributed by atoms with van der Waals surface area (Å²) in [6, 6.07) is 7.60. The van der Waals surface area contributed by atoms with Crippen LogP contribution in [0.1, 0.15) is 17.3 Å². The summed E-state index contributed by atoms with van der Waals surface area (Å²) in [7, 11) is -4.19. The van der Waals surface area contributed by atoms with Gasteiger partial charge in [0, 0.05) is 5.69 Å². The number of aromatic carboxylic acids is 1. The number of rotatable bonds is 6. The van der Waals surface area contributed by atoms with Gasteiger partial charge in [0.15, 0.2) is 0 Å². The summed E-state index contributed by atoms with van der Waals surface area (Å²) >= 11 is 5.87. The Bertz CT molecular complexity index is 1090. The average Bonchev–Trinajstić information content (AvgIpc) is 2.62. The predicted octanol–water partition coefficient (Wildman–Crippen LogP) is 3.09. The molecule has 0 radical (unpaired) electrons. The van der Waals surface area contributed by atoms with Crippen molar-refractivity contribution in [1.82, 2.24) is 0 Å². The molecule has 8 nitrogen and oxygen atoms in total. The van der Waals surface area contributed by atoms with Crippen LogP contribution < -0.4 is 10.0 Å². The molecule has 0 aliphatic carbocycles. The third-order valence-electron chi connectivity index (χ3n) is 3.88. The minimum Gasteiger partial charge on any atom is -0.478 e. The van der Waals surface area contributed by atoms with Gasteiger partial charge in [-0.2, -0.15) is 13.2 Å². The number of aliphatic hydroxyl groups is 1. The number of sulfonamides is 1. The highest BCUT2D eigenvalue weighted by atomic mass is 35.5. The van der Waals surface area contributed by atoms with Gasteiger partial charge in [0.1, 0.15) is 0 Å². The zero-order valence-electron chi connectivity index (χ0n) is 15.0. The summed E-state index contributed by atoms with van der Waals surface area (Å²) in [5, 5.41) is 19.6. The van der Waals surface area contributed by atoms with Crippen LogP contribution in [0, 0.1) is 0 Å². The molecule has 0 bridgehead atoms. The van der Waals surface area contributed by atoms with Crippen LogP contribution in [0.2, 0.25) is 5.02 Å². The van der Waals surface area contributed by atoms with E-state index in [2.05, 4.69) is 4.72 Å². The summed E-state index contributed by atoms with van der Waals surface area (Å²) in [6.45, 7) is 0.259. The Balaban J connectivity index is 2.23. The Kier molecular flexibility index (Phi) is 6.35. The molecule has 0 fully saturated rings. The molecule has 0 heterocycles. The summed E-state index contributed by atoms with van der Waals surface area (Å²) in [6.07, 6.45) is -5.24. The molecule has 2 aromatic carbocycles. The van der Waals surface area contributed by atoms with Crippen molar-refractivity contribution in [1.29, 1.82) is 0 Å². The molecule has 0 saturated heterocycles. The van der Waals surface area contributed by atoms with E-state index in [1.165, 1.54) is 24.3 Å². The van der Waals surface area contributed by atoms with Gasteiger partial charge in [-0.1, -0.05) is 11.6 Å². The van der Waals surface area contributed by atoms with Crippen molar-refractivity contribution in [2.24, 2.45) is 0 Å². The zero-order valence-corrected chi connectivity index (χ0v) is 16.6. The first-order chi connectivity index (χ1) is 13.6. The number of carbonyl (C=O) groups is 2. The number of hydrogen-bond donors (Lipinski definition) is 4. The van der Waals surface area contributed by atoms with Crippen molar-refractivity contribution in [2.75, 3.05) is 10.0 Å². The monoisotopic (exact) mass is 466 g/mol. The molecular weight excluding hydrogens is 453 g/mol. The fourth-order valence-corrected chi connectivity index (χ4v) is 3.41. The van der Waals surface area contributed by atoms with Crippen LogP contribution in [-0.4, -0.2) is 42.3 Å². The van der Waals surface area contributed by atoms with E-state index in [0.717, 1.165) is 18.2 Å². The van der Waals surface area contributed by atoms with E-state index in [0.29, 0.717) is 0 Å². The number of carbonyl (C=O) groups excluding carboxylic acids is 1. The maximum absolute atomic E-state index is 12.7. The largest absolute Gasteiger partial charge is 0.478 e. The minimum absolute atomic E-state index is 0.0507. The van der Waals surface area contributed by atoms with Gasteiger partial charge in [0.25, 0.3) is 15.9 Å². The van der Waals surface area contributed by atoms with Gasteiger partial charge in [-0.05, 0) is 49.4 Å². The first-order valence-corrected chi connectivity index (χ1v) is 9.77. The first-order valence-electron chi connectivity index (χ1n) is 7.91. The van der Waals surface area contributed by atoms with E-state index in [-0.39, 0.29) is 28.8 Å². The topological polar surface area (TPSA) is 133 Å². The molecule has 1 unspecified atom stereocenters. The molecule has 13 heteroatoms. The maximum Gasteiger partial charge on any atom is 0.426 e. The van der Waals surface area contributed by atoms with Crippen molar-refractivity contribution >= 4 is 44.9 Å². The summed E-state index contributed by atoms with van der Waals surface area (Å²) in [5.41, 5.74) is -4.05. The van der Waals surface area contributed by atoms with Gasteiger partial charge >= 0.3 is 12.1 Å². The quantitative estimate of drug-likeness (QED) is 0.517. The van der Waals surface area contributed by atoms with Crippen molar-refractivity contribution in [3.05, 3.63) is 53.1 Å². The SMILES string of the molecule is CC(O)(C(=O)Nc1ccc(S(=O)(=O)Nc2ccc(C(=O)O)cc2)cc1Cl)C(F)(F)F. The fraction of sp³-hybridized carbons (Fsp3) is 0.176. The molecule has 1 atom stereocenters. The Morgan fingerprint density at radius 2 is 1.63 bits per heavy atom. The van der Waals surface area contributed by atoms with Crippen LogP contribution >= 0.6 is 11.6 Å². The fourth-order valence-electron chi connectivity index (χ4n) is 2.03. The standard InChI is InChI=1S/C17H14ClF3N2O6S/c1-16(27,17(19,20)21)15(26)22-13-7-6-11(8-12(13)18)30(28,29)23-10-4-2-9(3-5-10)14(24)25/h2-8,23,27H,1H3,(H,22,26)(H,24,25). The Morgan fingerprint density at radius 1 is 1.07 bits per heavy atom. The Hall–Kier alpha value is -2.83. The van der Waals surface area contributed by atoms with Crippen LogP contribution in [0.5, 0.6) is 0 Å². The Labute approximate surface area is 173 Å². The molecule has 2 rings (SSSR count). The summed E-state index contributed by atoms with van der Waals surface area (Å²) < 4.78 is 65.2. The second-order valence-corrected chi connectivity index (χ2v) is 8.24. The predicted molar refractivity (Wildman–Crippen MR) is 101 cm³/mol. The molecule has 0 aliphatic rings. The third kappa shape index (κ3) is 5.01. The molecule has 2 aromatic rings. The number of anilines is 2. The van der Waals surface area contributed by atoms with Crippen molar-refractivity contribution < 1.29 is 41.4 Å². The van der Waals surface area contributed by atoms with Gasteiger partial charge in [-0.3, -0.25) is 9.52 Å². The molecule has 30 heavy (non-hydrogen) atoms. The average molecular weight is 467 g/mol. The third-order valence-corrected chi connectivity index (χ3v) is 5.57. The highest BCUT2D eigenvalue weighted by Gasteiger charge is 2.55. The van der Waals surface area contributed by atoms with Gasteiger partial charge in [0.2, 0.25) is 5.60 Å². The molecule has 162 valence electrons. The lowest BCUT2D eigenvalue weighted by molar-refractivity contribution is -0.242. The van der Waals surface area contributed by atoms with Crippen LogP contribution in [-0.2, 0) is 14.8 Å². The van der Waals surface area contributed by atoms with Crippen LogP contribution in [0.4, 0.5) is 24.5 Å². The number of amides is 1. The summed E-state index contributed by atoms with van der Waals surface area (Å²) in [4.78, 5) is 22.2. The number of nitrogens with one attached hydrogen (secondary N) is 2. The molecule has 0 aliphatic heterocycles. The lowest BCUT2D eigenvalue weighted by Crippen LogP contribution is -2.52. The van der Waals surface area contributed by atoms with Crippen LogP contribution in [0.15, 0.2) is 47.4 Å². The summed E-state index contributed by atoms with van der Waals surface area (Å²) in [5.74, 6) is -3.00. The van der Waals surface area contributed by atoms with Gasteiger partial charge in [0.05, 0.1) is 21.2 Å². The van der Waals surface area contributed by atoms with Crippen molar-refractivity contribution in [2.45, 2.75) is 23.6 Å². The molecule has 0 aromatic heterocycles. The van der Waals surface area contributed by atoms with E-state index in [1.54, 1.807) is 5.32 Å². The number of carboxylic acid groups (broad SMARTS) is 1. The molecule has 0 spiro atoms. The van der Waals surface area contributed by atoms with Gasteiger partial charge < -0.3 is 15.5 Å². The highest BCUT2D eigenvalue weighted by Crippen LogP contribution is 2.33. The highest BCUT2D eigenvalue weighted by molar-refractivity contribution is 7.92. The Morgan fingerprint density at radius 3 is 2.10 bits per heavy atom. The lowest BCUT2D eigenvalue weighted by Gasteiger charge is -2.25. The molecule has 1 amide bonds. The first kappa shape index (κ1) is 23.4. The smallest absolute Gasteiger partial charge is 0.426 e.